The van der Waals surface area contributed by atoms with E-state index >= 15 is 0 Å². The Balaban J connectivity index is 1.85. The van der Waals surface area contributed by atoms with E-state index in [2.05, 4.69) is 4.90 Å². The normalized spacial score (nSPS) is 31.5. The molecular weight excluding hydrogens is 262 g/mol. The Morgan fingerprint density at radius 1 is 1.11 bits per heavy atom. The van der Waals surface area contributed by atoms with Crippen LogP contribution in [0.25, 0.3) is 0 Å². The monoisotopic (exact) mass is 289 g/mol. The van der Waals surface area contributed by atoms with E-state index in [1.54, 1.807) is 4.31 Å². The summed E-state index contributed by atoms with van der Waals surface area (Å²) in [6.07, 6.45) is 5.93. The smallest absolute Gasteiger partial charge is 0.211 e. The number of likely N-dealkylation sites (tertiary alicyclic amines) is 1. The molecule has 19 heavy (non-hydrogen) atoms. The fourth-order valence-corrected chi connectivity index (χ4v) is 4.29. The molecule has 0 radical (unpaired) electrons. The molecule has 0 aliphatic carbocycles. The summed E-state index contributed by atoms with van der Waals surface area (Å²) in [5.74, 6) is 1.11. The van der Waals surface area contributed by atoms with E-state index in [0.717, 1.165) is 39.0 Å². The molecule has 0 spiro atoms. The van der Waals surface area contributed by atoms with Crippen LogP contribution in [0.2, 0.25) is 0 Å². The second-order valence-corrected chi connectivity index (χ2v) is 8.12. The van der Waals surface area contributed by atoms with E-state index in [1.807, 2.05) is 0 Å². The fourth-order valence-electron chi connectivity index (χ4n) is 3.35. The van der Waals surface area contributed by atoms with Crippen LogP contribution < -0.4 is 5.73 Å². The Morgan fingerprint density at radius 3 is 2.47 bits per heavy atom. The van der Waals surface area contributed by atoms with Crippen molar-refractivity contribution in [3.63, 3.8) is 0 Å². The van der Waals surface area contributed by atoms with Gasteiger partial charge in [0, 0.05) is 26.2 Å². The van der Waals surface area contributed by atoms with Crippen molar-refractivity contribution >= 4 is 10.0 Å². The zero-order valence-electron chi connectivity index (χ0n) is 11.9. The molecule has 2 saturated heterocycles. The number of piperidine rings is 2. The fraction of sp³-hybridized carbons (Fsp3) is 1.00. The predicted molar refractivity (Wildman–Crippen MR) is 77.4 cm³/mol. The van der Waals surface area contributed by atoms with Crippen molar-refractivity contribution in [3.8, 4) is 0 Å². The minimum Gasteiger partial charge on any atom is -0.330 e. The molecule has 6 heteroatoms. The molecule has 0 aromatic carbocycles. The van der Waals surface area contributed by atoms with Crippen LogP contribution in [0.3, 0.4) is 0 Å². The minimum absolute atomic E-state index is 0.486. The van der Waals surface area contributed by atoms with Crippen molar-refractivity contribution in [2.45, 2.75) is 25.7 Å². The third-order valence-electron chi connectivity index (χ3n) is 4.40. The first-order chi connectivity index (χ1) is 8.99. The molecule has 2 aliphatic heterocycles. The Labute approximate surface area is 117 Å². The summed E-state index contributed by atoms with van der Waals surface area (Å²) in [5.41, 5.74) is 5.76. The van der Waals surface area contributed by atoms with Gasteiger partial charge >= 0.3 is 0 Å². The molecule has 0 saturated carbocycles. The van der Waals surface area contributed by atoms with Gasteiger partial charge in [-0.15, -0.1) is 0 Å². The molecule has 2 N–H and O–H groups in total. The van der Waals surface area contributed by atoms with Gasteiger partial charge in [0.25, 0.3) is 0 Å². The van der Waals surface area contributed by atoms with Gasteiger partial charge in [-0.3, -0.25) is 0 Å². The number of nitrogens with zero attached hydrogens (tertiary/aromatic N) is 2. The molecule has 0 aromatic heterocycles. The molecule has 2 unspecified atom stereocenters. The number of hydrogen-bond acceptors (Lipinski definition) is 4. The third-order valence-corrected chi connectivity index (χ3v) is 5.67. The van der Waals surface area contributed by atoms with E-state index in [1.165, 1.54) is 19.1 Å². The highest BCUT2D eigenvalue weighted by molar-refractivity contribution is 7.88. The van der Waals surface area contributed by atoms with Crippen LogP contribution in [-0.4, -0.2) is 63.1 Å². The van der Waals surface area contributed by atoms with Crippen LogP contribution in [0, 0.1) is 11.8 Å². The molecule has 2 rings (SSSR count). The predicted octanol–water partition coefficient (Wildman–Crippen LogP) is 0.329. The topological polar surface area (TPSA) is 66.6 Å². The summed E-state index contributed by atoms with van der Waals surface area (Å²) in [4.78, 5) is 2.48. The van der Waals surface area contributed by atoms with Crippen LogP contribution >= 0.6 is 0 Å². The van der Waals surface area contributed by atoms with Crippen LogP contribution in [0.1, 0.15) is 25.7 Å². The lowest BCUT2D eigenvalue weighted by Crippen LogP contribution is -2.46. The number of hydrogen-bond donors (Lipinski definition) is 1. The van der Waals surface area contributed by atoms with E-state index < -0.39 is 10.0 Å². The molecule has 0 bridgehead atoms. The van der Waals surface area contributed by atoms with E-state index in [9.17, 15) is 8.42 Å². The first-order valence-electron chi connectivity index (χ1n) is 7.36. The van der Waals surface area contributed by atoms with Gasteiger partial charge in [0.15, 0.2) is 0 Å². The van der Waals surface area contributed by atoms with E-state index in [-0.39, 0.29) is 0 Å². The molecule has 112 valence electrons. The highest BCUT2D eigenvalue weighted by Gasteiger charge is 2.28. The Morgan fingerprint density at radius 2 is 1.79 bits per heavy atom. The lowest BCUT2D eigenvalue weighted by atomic mass is 9.94. The second-order valence-electron chi connectivity index (χ2n) is 6.13. The molecule has 2 fully saturated rings. The largest absolute Gasteiger partial charge is 0.330 e. The molecule has 5 nitrogen and oxygen atoms in total. The van der Waals surface area contributed by atoms with Crippen LogP contribution in [0.5, 0.6) is 0 Å². The average Bonchev–Trinajstić information content (AvgIpc) is 2.38. The third kappa shape index (κ3) is 4.41. The van der Waals surface area contributed by atoms with Crippen molar-refractivity contribution in [2.75, 3.05) is 45.5 Å². The van der Waals surface area contributed by atoms with Crippen molar-refractivity contribution < 1.29 is 8.42 Å². The minimum atomic E-state index is -3.02. The van der Waals surface area contributed by atoms with Crippen molar-refractivity contribution in [3.05, 3.63) is 0 Å². The maximum Gasteiger partial charge on any atom is 0.211 e. The second kappa shape index (κ2) is 6.52. The summed E-state index contributed by atoms with van der Waals surface area (Å²) in [7, 11) is -3.02. The van der Waals surface area contributed by atoms with Crippen LogP contribution in [0.4, 0.5) is 0 Å². The first-order valence-corrected chi connectivity index (χ1v) is 9.21. The molecule has 2 heterocycles. The summed E-state index contributed by atoms with van der Waals surface area (Å²) in [6.45, 7) is 5.43. The quantitative estimate of drug-likeness (QED) is 0.810. The van der Waals surface area contributed by atoms with E-state index in [0.29, 0.717) is 24.9 Å². The summed E-state index contributed by atoms with van der Waals surface area (Å²) >= 11 is 0. The van der Waals surface area contributed by atoms with Gasteiger partial charge in [-0.05, 0) is 50.6 Å². The highest BCUT2D eigenvalue weighted by atomic mass is 32.2. The molecular formula is C13H27N3O2S. The zero-order chi connectivity index (χ0) is 13.9. The van der Waals surface area contributed by atoms with Crippen molar-refractivity contribution in [2.24, 2.45) is 17.6 Å². The van der Waals surface area contributed by atoms with Gasteiger partial charge in [-0.25, -0.2) is 12.7 Å². The van der Waals surface area contributed by atoms with Gasteiger partial charge in [0.2, 0.25) is 10.0 Å². The van der Waals surface area contributed by atoms with Gasteiger partial charge in [-0.2, -0.15) is 0 Å². The standard InChI is InChI=1S/C13H27N3O2S/c1-19(17,18)16-7-3-5-13(11-16)10-15-6-2-4-12(8-14)9-15/h12-13H,2-11,14H2,1H3. The van der Waals surface area contributed by atoms with Gasteiger partial charge in [-0.1, -0.05) is 0 Å². The number of sulfonamides is 1. The molecule has 2 atom stereocenters. The highest BCUT2D eigenvalue weighted by Crippen LogP contribution is 2.22. The molecule has 0 amide bonds. The Kier molecular flexibility index (Phi) is 5.22. The van der Waals surface area contributed by atoms with Crippen LogP contribution in [-0.2, 0) is 10.0 Å². The maximum atomic E-state index is 11.6. The number of rotatable bonds is 4. The van der Waals surface area contributed by atoms with Crippen molar-refractivity contribution in [1.29, 1.82) is 0 Å². The molecule has 0 aromatic rings. The Hall–Kier alpha value is -0.170. The average molecular weight is 289 g/mol. The lowest BCUT2D eigenvalue weighted by molar-refractivity contribution is 0.131. The zero-order valence-corrected chi connectivity index (χ0v) is 12.7. The SMILES string of the molecule is CS(=O)(=O)N1CCCC(CN2CCCC(CN)C2)C1. The van der Waals surface area contributed by atoms with Gasteiger partial charge in [0.05, 0.1) is 6.26 Å². The number of nitrogens with two attached hydrogens (primary N) is 1. The first kappa shape index (κ1) is 15.2. The summed E-state index contributed by atoms with van der Waals surface area (Å²) in [6, 6.07) is 0. The lowest BCUT2D eigenvalue weighted by Gasteiger charge is -2.37. The Bertz CT molecular complexity index is 385. The summed E-state index contributed by atoms with van der Waals surface area (Å²) in [5, 5.41) is 0. The summed E-state index contributed by atoms with van der Waals surface area (Å²) < 4.78 is 24.9. The maximum absolute atomic E-state index is 11.6. The van der Waals surface area contributed by atoms with Crippen molar-refractivity contribution in [1.82, 2.24) is 9.21 Å². The van der Waals surface area contributed by atoms with Crippen LogP contribution in [0.15, 0.2) is 0 Å². The van der Waals surface area contributed by atoms with E-state index in [4.69, 9.17) is 5.73 Å². The van der Waals surface area contributed by atoms with Gasteiger partial charge in [0.1, 0.15) is 0 Å². The molecule has 2 aliphatic rings. The van der Waals surface area contributed by atoms with Gasteiger partial charge < -0.3 is 10.6 Å².